The van der Waals surface area contributed by atoms with Crippen LogP contribution in [0.4, 0.5) is 0 Å². The number of hydrogen-bond acceptors (Lipinski definition) is 1. The van der Waals surface area contributed by atoms with Gasteiger partial charge in [-0.3, -0.25) is 4.79 Å². The molecule has 0 aliphatic carbocycles. The molecule has 0 saturated carbocycles. The van der Waals surface area contributed by atoms with E-state index in [1.807, 2.05) is 0 Å². The first kappa shape index (κ1) is 23.2. The molecule has 0 amide bonds. The van der Waals surface area contributed by atoms with Crippen LogP contribution < -0.4 is 0 Å². The summed E-state index contributed by atoms with van der Waals surface area (Å²) >= 11 is 0. The highest BCUT2D eigenvalue weighted by Gasteiger charge is 1.95. The molecule has 0 aliphatic rings. The van der Waals surface area contributed by atoms with Crippen molar-refractivity contribution in [2.45, 2.75) is 89.9 Å². The van der Waals surface area contributed by atoms with Crippen molar-refractivity contribution < 1.29 is 9.90 Å². The van der Waals surface area contributed by atoms with Crippen molar-refractivity contribution >= 4 is 5.97 Å². The fraction of sp³-hybridized carbons (Fsp3) is 0.560. The molecule has 2 heteroatoms. The third kappa shape index (κ3) is 16.1. The molecule has 0 bridgehead atoms. The minimum Gasteiger partial charge on any atom is -0.481 e. The van der Waals surface area contributed by atoms with E-state index >= 15 is 0 Å². The molecule has 150 valence electrons. The second-order valence-electron chi connectivity index (χ2n) is 7.32. The number of unbranched alkanes of at least 4 members (excludes halogenated alkanes) is 9. The van der Waals surface area contributed by atoms with Crippen LogP contribution in [0.15, 0.2) is 54.6 Å². The number of carboxylic acids is 1. The quantitative estimate of drug-likeness (QED) is 0.228. The van der Waals surface area contributed by atoms with Crippen molar-refractivity contribution in [1.82, 2.24) is 0 Å². The van der Waals surface area contributed by atoms with Gasteiger partial charge in [-0.25, -0.2) is 0 Å². The van der Waals surface area contributed by atoms with Crippen LogP contribution in [0.5, 0.6) is 0 Å². The van der Waals surface area contributed by atoms with Crippen molar-refractivity contribution in [2.75, 3.05) is 0 Å². The molecule has 1 aromatic rings. The van der Waals surface area contributed by atoms with E-state index in [4.69, 9.17) is 5.11 Å². The highest BCUT2D eigenvalue weighted by atomic mass is 16.4. The van der Waals surface area contributed by atoms with Gasteiger partial charge in [0.25, 0.3) is 0 Å². The molecule has 0 spiro atoms. The standard InChI is InChI=1S/C25H38O2/c26-25(27)23-19-14-12-10-8-6-4-2-1-3-5-7-9-11-13-16-20-24-21-17-15-18-22-24/h1,3-4,6,15,17-18,21-22H,2,5,7-14,16,19-20,23H2,(H,26,27)/b3-1-,6-4-. The van der Waals surface area contributed by atoms with Gasteiger partial charge in [0.2, 0.25) is 0 Å². The second kappa shape index (κ2) is 17.6. The Labute approximate surface area is 166 Å². The normalized spacial score (nSPS) is 11.6. The monoisotopic (exact) mass is 370 g/mol. The van der Waals surface area contributed by atoms with Crippen LogP contribution >= 0.6 is 0 Å². The average molecular weight is 371 g/mol. The summed E-state index contributed by atoms with van der Waals surface area (Å²) in [7, 11) is 0. The zero-order valence-corrected chi connectivity index (χ0v) is 17.0. The number of carbonyl (C=O) groups is 1. The Morgan fingerprint density at radius 3 is 1.89 bits per heavy atom. The van der Waals surface area contributed by atoms with E-state index in [9.17, 15) is 4.79 Å². The number of aryl methyl sites for hydroxylation is 1. The van der Waals surface area contributed by atoms with Crippen molar-refractivity contribution in [3.05, 3.63) is 60.2 Å². The molecular weight excluding hydrogens is 332 g/mol. The molecular formula is C25H38O2. The fourth-order valence-electron chi connectivity index (χ4n) is 3.17. The number of aliphatic carboxylic acids is 1. The third-order valence-corrected chi connectivity index (χ3v) is 4.80. The first-order valence-electron chi connectivity index (χ1n) is 10.8. The highest BCUT2D eigenvalue weighted by Crippen LogP contribution is 2.10. The minimum absolute atomic E-state index is 0.314. The summed E-state index contributed by atoms with van der Waals surface area (Å²) in [5.74, 6) is -0.676. The van der Waals surface area contributed by atoms with Gasteiger partial charge in [-0.05, 0) is 56.9 Å². The van der Waals surface area contributed by atoms with Gasteiger partial charge in [-0.15, -0.1) is 0 Å². The maximum atomic E-state index is 10.4. The van der Waals surface area contributed by atoms with Crippen LogP contribution in [-0.2, 0) is 11.2 Å². The zero-order valence-electron chi connectivity index (χ0n) is 17.0. The molecule has 0 atom stereocenters. The predicted octanol–water partition coefficient (Wildman–Crippen LogP) is 7.50. The summed E-state index contributed by atoms with van der Waals surface area (Å²) in [5.41, 5.74) is 1.46. The molecule has 2 nitrogen and oxygen atoms in total. The van der Waals surface area contributed by atoms with Crippen LogP contribution in [0.2, 0.25) is 0 Å². The molecule has 0 unspecified atom stereocenters. The van der Waals surface area contributed by atoms with Crippen LogP contribution in [-0.4, -0.2) is 11.1 Å². The van der Waals surface area contributed by atoms with Gasteiger partial charge in [0.15, 0.2) is 0 Å². The molecule has 27 heavy (non-hydrogen) atoms. The Bertz CT molecular complexity index is 516. The molecule has 0 fully saturated rings. The van der Waals surface area contributed by atoms with E-state index < -0.39 is 5.97 Å². The van der Waals surface area contributed by atoms with Gasteiger partial charge in [-0.1, -0.05) is 86.7 Å². The maximum Gasteiger partial charge on any atom is 0.303 e. The van der Waals surface area contributed by atoms with E-state index in [2.05, 4.69) is 54.6 Å². The minimum atomic E-state index is -0.676. The lowest BCUT2D eigenvalue weighted by Gasteiger charge is -2.01. The van der Waals surface area contributed by atoms with E-state index in [1.165, 1.54) is 56.9 Å². The third-order valence-electron chi connectivity index (χ3n) is 4.80. The zero-order chi connectivity index (χ0) is 19.4. The number of carboxylic acid groups (broad SMARTS) is 1. The van der Waals surface area contributed by atoms with E-state index in [0.717, 1.165) is 32.1 Å². The summed E-state index contributed by atoms with van der Waals surface area (Å²) in [6.07, 6.45) is 24.8. The molecule has 1 aromatic carbocycles. The van der Waals surface area contributed by atoms with Gasteiger partial charge < -0.3 is 5.11 Å². The van der Waals surface area contributed by atoms with Crippen molar-refractivity contribution in [1.29, 1.82) is 0 Å². The largest absolute Gasteiger partial charge is 0.481 e. The Morgan fingerprint density at radius 2 is 1.26 bits per heavy atom. The van der Waals surface area contributed by atoms with Crippen molar-refractivity contribution in [3.63, 3.8) is 0 Å². The number of rotatable bonds is 17. The van der Waals surface area contributed by atoms with Crippen LogP contribution in [0.1, 0.15) is 89.0 Å². The average Bonchev–Trinajstić information content (AvgIpc) is 2.67. The number of allylic oxidation sites excluding steroid dienone is 4. The summed E-state index contributed by atoms with van der Waals surface area (Å²) in [6.45, 7) is 0. The lowest BCUT2D eigenvalue weighted by molar-refractivity contribution is -0.137. The molecule has 0 aliphatic heterocycles. The SMILES string of the molecule is O=C(O)CCCCCC/C=C\C/C=C\CCCCCCCc1ccccc1. The molecule has 0 radical (unpaired) electrons. The van der Waals surface area contributed by atoms with Crippen molar-refractivity contribution in [2.24, 2.45) is 0 Å². The Morgan fingerprint density at radius 1 is 0.704 bits per heavy atom. The Balaban J connectivity index is 1.80. The number of hydrogen-bond donors (Lipinski definition) is 1. The van der Waals surface area contributed by atoms with Crippen LogP contribution in [0, 0.1) is 0 Å². The topological polar surface area (TPSA) is 37.3 Å². The van der Waals surface area contributed by atoms with Crippen LogP contribution in [0.3, 0.4) is 0 Å². The summed E-state index contributed by atoms with van der Waals surface area (Å²) in [5, 5.41) is 8.56. The number of benzene rings is 1. The predicted molar refractivity (Wildman–Crippen MR) is 116 cm³/mol. The van der Waals surface area contributed by atoms with Gasteiger partial charge in [0.05, 0.1) is 0 Å². The lowest BCUT2D eigenvalue weighted by atomic mass is 10.0. The molecule has 0 heterocycles. The second-order valence-corrected chi connectivity index (χ2v) is 7.32. The van der Waals surface area contributed by atoms with E-state index in [0.29, 0.717) is 6.42 Å². The van der Waals surface area contributed by atoms with Gasteiger partial charge in [0, 0.05) is 6.42 Å². The molecule has 1 N–H and O–H groups in total. The Kier molecular flexibility index (Phi) is 15.1. The van der Waals surface area contributed by atoms with Gasteiger partial charge in [-0.2, -0.15) is 0 Å². The smallest absolute Gasteiger partial charge is 0.303 e. The maximum absolute atomic E-state index is 10.4. The van der Waals surface area contributed by atoms with Gasteiger partial charge >= 0.3 is 5.97 Å². The summed E-state index contributed by atoms with van der Waals surface area (Å²) in [6, 6.07) is 10.8. The van der Waals surface area contributed by atoms with Gasteiger partial charge in [0.1, 0.15) is 0 Å². The Hall–Kier alpha value is -1.83. The van der Waals surface area contributed by atoms with E-state index in [-0.39, 0.29) is 0 Å². The lowest BCUT2D eigenvalue weighted by Crippen LogP contribution is -1.93. The first-order chi connectivity index (χ1) is 13.3. The summed E-state index contributed by atoms with van der Waals surface area (Å²) < 4.78 is 0. The molecule has 0 aromatic heterocycles. The van der Waals surface area contributed by atoms with E-state index in [1.54, 1.807) is 0 Å². The first-order valence-corrected chi connectivity index (χ1v) is 10.8. The molecule has 1 rings (SSSR count). The fourth-order valence-corrected chi connectivity index (χ4v) is 3.17. The molecule has 0 saturated heterocycles. The highest BCUT2D eigenvalue weighted by molar-refractivity contribution is 5.66. The summed E-state index contributed by atoms with van der Waals surface area (Å²) in [4.78, 5) is 10.4. The van der Waals surface area contributed by atoms with Crippen molar-refractivity contribution in [3.8, 4) is 0 Å². The van der Waals surface area contributed by atoms with Crippen LogP contribution in [0.25, 0.3) is 0 Å².